The van der Waals surface area contributed by atoms with Gasteiger partial charge in [-0.2, -0.15) is 12.6 Å². The van der Waals surface area contributed by atoms with Crippen LogP contribution in [0.15, 0.2) is 22.7 Å². The Kier molecular flexibility index (Phi) is 7.63. The van der Waals surface area contributed by atoms with E-state index in [9.17, 15) is 0 Å². The third-order valence-corrected chi connectivity index (χ3v) is 4.85. The van der Waals surface area contributed by atoms with Crippen LogP contribution in [0.3, 0.4) is 0 Å². The van der Waals surface area contributed by atoms with E-state index in [2.05, 4.69) is 42.4 Å². The molecule has 0 heterocycles. The first-order valence-corrected chi connectivity index (χ1v) is 8.56. The van der Waals surface area contributed by atoms with Crippen molar-refractivity contribution in [3.63, 3.8) is 0 Å². The van der Waals surface area contributed by atoms with Crippen LogP contribution in [0.2, 0.25) is 5.02 Å². The molecule has 0 spiro atoms. The molecule has 0 fully saturated rings. The predicted molar refractivity (Wildman–Crippen MR) is 90.7 cm³/mol. The molecule has 1 nitrogen and oxygen atoms in total. The van der Waals surface area contributed by atoms with Gasteiger partial charge in [0.2, 0.25) is 0 Å². The van der Waals surface area contributed by atoms with E-state index >= 15 is 0 Å². The molecule has 0 radical (unpaired) electrons. The Balaban J connectivity index is 2.74. The summed E-state index contributed by atoms with van der Waals surface area (Å²) in [5.74, 6) is 1.71. The molecule has 0 aliphatic heterocycles. The number of halogens is 2. The largest absolute Gasteiger partial charge is 0.492 e. The van der Waals surface area contributed by atoms with Crippen LogP contribution >= 0.6 is 40.2 Å². The summed E-state index contributed by atoms with van der Waals surface area (Å²) in [5.41, 5.74) is 0.172. The maximum Gasteiger partial charge on any atom is 0.133 e. The van der Waals surface area contributed by atoms with Gasteiger partial charge in [0.25, 0.3) is 0 Å². The normalized spacial score (nSPS) is 11.6. The topological polar surface area (TPSA) is 9.23 Å². The van der Waals surface area contributed by atoms with Gasteiger partial charge < -0.3 is 4.74 Å². The van der Waals surface area contributed by atoms with Gasteiger partial charge in [-0.3, -0.25) is 0 Å². The van der Waals surface area contributed by atoms with Crippen molar-refractivity contribution in [1.82, 2.24) is 0 Å². The molecule has 19 heavy (non-hydrogen) atoms. The molecule has 0 saturated heterocycles. The molecule has 0 unspecified atom stereocenters. The zero-order valence-corrected chi connectivity index (χ0v) is 14.8. The van der Waals surface area contributed by atoms with Crippen LogP contribution < -0.4 is 4.74 Å². The van der Waals surface area contributed by atoms with Gasteiger partial charge in [-0.25, -0.2) is 0 Å². The predicted octanol–water partition coefficient (Wildman–Crippen LogP) is 6.00. The van der Waals surface area contributed by atoms with E-state index in [-0.39, 0.29) is 5.41 Å². The van der Waals surface area contributed by atoms with Crippen molar-refractivity contribution in [3.8, 4) is 5.75 Å². The fourth-order valence-corrected chi connectivity index (χ4v) is 3.56. The van der Waals surface area contributed by atoms with Gasteiger partial charge in [-0.1, -0.05) is 38.3 Å². The van der Waals surface area contributed by atoms with Crippen molar-refractivity contribution in [2.24, 2.45) is 5.41 Å². The highest BCUT2D eigenvalue weighted by Gasteiger charge is 2.28. The molecule has 0 amide bonds. The van der Waals surface area contributed by atoms with Crippen LogP contribution in [0.4, 0.5) is 0 Å². The molecule has 0 N–H and O–H groups in total. The maximum atomic E-state index is 6.00. The molecule has 0 aliphatic carbocycles. The average Bonchev–Trinajstić information content (AvgIpc) is 2.38. The number of benzene rings is 1. The Morgan fingerprint density at radius 2 is 1.89 bits per heavy atom. The number of rotatable bonds is 8. The quantitative estimate of drug-likeness (QED) is 0.556. The molecule has 1 aromatic carbocycles. The molecule has 0 aromatic heterocycles. The summed E-state index contributed by atoms with van der Waals surface area (Å²) < 4.78 is 6.90. The molecular formula is C15H22BrClOS. The molecule has 108 valence electrons. The smallest absolute Gasteiger partial charge is 0.133 e. The van der Waals surface area contributed by atoms with Crippen LogP contribution in [0, 0.1) is 5.41 Å². The van der Waals surface area contributed by atoms with Crippen LogP contribution in [-0.4, -0.2) is 12.4 Å². The van der Waals surface area contributed by atoms with Crippen LogP contribution in [-0.2, 0) is 0 Å². The SMILES string of the molecule is CCCC(CS)(CCC)COc1ccc(Cl)cc1Br. The van der Waals surface area contributed by atoms with E-state index in [1.54, 1.807) is 0 Å². The van der Waals surface area contributed by atoms with Crippen LogP contribution in [0.1, 0.15) is 39.5 Å². The summed E-state index contributed by atoms with van der Waals surface area (Å²) in [6.45, 7) is 5.14. The zero-order chi connectivity index (χ0) is 14.3. The first-order chi connectivity index (χ1) is 9.06. The second-order valence-electron chi connectivity index (χ2n) is 5.02. The fourth-order valence-electron chi connectivity index (χ4n) is 2.36. The highest BCUT2D eigenvalue weighted by atomic mass is 79.9. The van der Waals surface area contributed by atoms with Crippen LogP contribution in [0.5, 0.6) is 5.75 Å². The van der Waals surface area contributed by atoms with Crippen molar-refractivity contribution >= 4 is 40.2 Å². The standard InChI is InChI=1S/C15H22BrClOS/c1-3-7-15(11-19,8-4-2)10-18-14-6-5-12(17)9-13(14)16/h5-6,9,19H,3-4,7-8,10-11H2,1-2H3. The van der Waals surface area contributed by atoms with Gasteiger partial charge >= 0.3 is 0 Å². The van der Waals surface area contributed by atoms with Gasteiger partial charge in [0.15, 0.2) is 0 Å². The number of hydrogen-bond acceptors (Lipinski definition) is 2. The van der Waals surface area contributed by atoms with E-state index in [1.807, 2.05) is 18.2 Å². The second kappa shape index (κ2) is 8.43. The molecule has 1 rings (SSSR count). The Morgan fingerprint density at radius 1 is 1.26 bits per heavy atom. The average molecular weight is 366 g/mol. The summed E-state index contributed by atoms with van der Waals surface area (Å²) in [6, 6.07) is 5.62. The van der Waals surface area contributed by atoms with Crippen molar-refractivity contribution in [2.75, 3.05) is 12.4 Å². The minimum Gasteiger partial charge on any atom is -0.492 e. The summed E-state index contributed by atoms with van der Waals surface area (Å²) in [4.78, 5) is 0. The van der Waals surface area contributed by atoms with Crippen molar-refractivity contribution in [3.05, 3.63) is 27.7 Å². The Labute approximate surface area is 135 Å². The second-order valence-corrected chi connectivity index (χ2v) is 6.63. The summed E-state index contributed by atoms with van der Waals surface area (Å²) in [7, 11) is 0. The first kappa shape index (κ1) is 17.2. The van der Waals surface area contributed by atoms with Gasteiger partial charge in [0.05, 0.1) is 11.1 Å². The summed E-state index contributed by atoms with van der Waals surface area (Å²) >= 11 is 14.0. The monoisotopic (exact) mass is 364 g/mol. The Morgan fingerprint density at radius 3 is 2.37 bits per heavy atom. The lowest BCUT2D eigenvalue weighted by atomic mass is 9.82. The zero-order valence-electron chi connectivity index (χ0n) is 11.6. The van der Waals surface area contributed by atoms with Gasteiger partial charge in [-0.15, -0.1) is 0 Å². The van der Waals surface area contributed by atoms with Crippen molar-refractivity contribution < 1.29 is 4.74 Å². The molecule has 1 aromatic rings. The lowest BCUT2D eigenvalue weighted by molar-refractivity contribution is 0.143. The lowest BCUT2D eigenvalue weighted by Gasteiger charge is -2.32. The summed E-state index contributed by atoms with van der Waals surface area (Å²) in [5, 5.41) is 0.710. The summed E-state index contributed by atoms with van der Waals surface area (Å²) in [6.07, 6.45) is 4.61. The van der Waals surface area contributed by atoms with E-state index in [4.69, 9.17) is 16.3 Å². The number of ether oxygens (including phenoxy) is 1. The number of hydrogen-bond donors (Lipinski definition) is 1. The van der Waals surface area contributed by atoms with Gasteiger partial charge in [-0.05, 0) is 52.7 Å². The van der Waals surface area contributed by atoms with E-state index in [0.29, 0.717) is 11.6 Å². The Bertz CT molecular complexity index is 392. The third kappa shape index (κ3) is 5.20. The molecule has 0 aliphatic rings. The highest BCUT2D eigenvalue weighted by molar-refractivity contribution is 9.10. The van der Waals surface area contributed by atoms with Crippen LogP contribution in [0.25, 0.3) is 0 Å². The van der Waals surface area contributed by atoms with E-state index in [0.717, 1.165) is 41.7 Å². The fraction of sp³-hybridized carbons (Fsp3) is 0.600. The Hall–Kier alpha value is 0.140. The molecule has 0 bridgehead atoms. The molecular weight excluding hydrogens is 344 g/mol. The molecule has 0 saturated carbocycles. The minimum atomic E-state index is 0.172. The van der Waals surface area contributed by atoms with Crippen molar-refractivity contribution in [2.45, 2.75) is 39.5 Å². The van der Waals surface area contributed by atoms with E-state index in [1.165, 1.54) is 0 Å². The number of thiol groups is 1. The van der Waals surface area contributed by atoms with Gasteiger partial charge in [0, 0.05) is 10.4 Å². The molecule has 0 atom stereocenters. The first-order valence-electron chi connectivity index (χ1n) is 6.75. The van der Waals surface area contributed by atoms with E-state index < -0.39 is 0 Å². The maximum absolute atomic E-state index is 6.00. The highest BCUT2D eigenvalue weighted by Crippen LogP contribution is 2.34. The lowest BCUT2D eigenvalue weighted by Crippen LogP contribution is -2.30. The van der Waals surface area contributed by atoms with Crippen molar-refractivity contribution in [1.29, 1.82) is 0 Å². The van der Waals surface area contributed by atoms with Gasteiger partial charge in [0.1, 0.15) is 5.75 Å². The minimum absolute atomic E-state index is 0.172. The third-order valence-electron chi connectivity index (χ3n) is 3.32. The molecule has 4 heteroatoms.